The Morgan fingerprint density at radius 3 is 2.11 bits per heavy atom. The number of ether oxygens (including phenoxy) is 1. The molecule has 0 bridgehead atoms. The molecule has 2 saturated heterocycles. The van der Waals surface area contributed by atoms with Crippen molar-refractivity contribution >= 4 is 17.6 Å². The summed E-state index contributed by atoms with van der Waals surface area (Å²) in [4.78, 5) is 28.6. The Kier molecular flexibility index (Phi) is 6.86. The summed E-state index contributed by atoms with van der Waals surface area (Å²) in [5.74, 6) is -2.84. The molecule has 1 spiro atoms. The number of anilines is 1. The van der Waals surface area contributed by atoms with Crippen LogP contribution in [0.5, 0.6) is 5.75 Å². The predicted molar refractivity (Wildman–Crippen MR) is 117 cm³/mol. The van der Waals surface area contributed by atoms with Gasteiger partial charge < -0.3 is 19.9 Å². The normalized spacial score (nSPS) is 17.9. The van der Waals surface area contributed by atoms with Gasteiger partial charge in [-0.1, -0.05) is 6.07 Å². The van der Waals surface area contributed by atoms with E-state index in [9.17, 15) is 31.5 Å². The van der Waals surface area contributed by atoms with Gasteiger partial charge in [0, 0.05) is 31.9 Å². The number of likely N-dealkylation sites (tertiary alicyclic amines) is 2. The maximum Gasteiger partial charge on any atom is 0.573 e. The molecule has 2 aliphatic rings. The van der Waals surface area contributed by atoms with E-state index in [1.807, 2.05) is 0 Å². The van der Waals surface area contributed by atoms with Crippen LogP contribution in [0.2, 0.25) is 0 Å². The van der Waals surface area contributed by atoms with Crippen LogP contribution in [0, 0.1) is 17.0 Å². The average molecular weight is 497 g/mol. The first-order valence-electron chi connectivity index (χ1n) is 11.2. The van der Waals surface area contributed by atoms with E-state index in [4.69, 9.17) is 0 Å². The number of carbonyl (C=O) groups excluding carboxylic acids is 2. The van der Waals surface area contributed by atoms with E-state index in [1.165, 1.54) is 23.1 Å². The third-order valence-corrected chi connectivity index (χ3v) is 6.58. The van der Waals surface area contributed by atoms with Crippen LogP contribution in [-0.2, 0) is 0 Å². The summed E-state index contributed by atoms with van der Waals surface area (Å²) in [5.41, 5.74) is -0.470. The fraction of sp³-hybridized carbons (Fsp3) is 0.417. The van der Waals surface area contributed by atoms with Crippen molar-refractivity contribution in [3.63, 3.8) is 0 Å². The summed E-state index contributed by atoms with van der Waals surface area (Å²) in [6, 6.07) is 7.80. The third-order valence-electron chi connectivity index (χ3n) is 6.58. The molecule has 2 aliphatic heterocycles. The number of nitrogens with zero attached hydrogens (tertiary/aromatic N) is 2. The molecule has 0 aliphatic carbocycles. The van der Waals surface area contributed by atoms with Crippen LogP contribution in [0.1, 0.15) is 36.0 Å². The Hall–Kier alpha value is -3.37. The summed E-state index contributed by atoms with van der Waals surface area (Å²) in [7, 11) is 0. The maximum atomic E-state index is 14.1. The van der Waals surface area contributed by atoms with Gasteiger partial charge in [0.25, 0.3) is 5.91 Å². The van der Waals surface area contributed by atoms with E-state index < -0.39 is 29.5 Å². The molecule has 2 fully saturated rings. The number of carbonyl (C=O) groups is 2. The van der Waals surface area contributed by atoms with Crippen LogP contribution in [0.3, 0.4) is 0 Å². The van der Waals surface area contributed by atoms with Crippen LogP contribution in [0.25, 0.3) is 0 Å². The van der Waals surface area contributed by atoms with Gasteiger partial charge in [-0.2, -0.15) is 0 Å². The summed E-state index contributed by atoms with van der Waals surface area (Å²) < 4.78 is 68.9. The van der Waals surface area contributed by atoms with Crippen LogP contribution >= 0.6 is 0 Å². The minimum absolute atomic E-state index is 0.247. The zero-order valence-electron chi connectivity index (χ0n) is 18.7. The maximum absolute atomic E-state index is 14.1. The third kappa shape index (κ3) is 5.83. The van der Waals surface area contributed by atoms with Crippen LogP contribution in [0.15, 0.2) is 42.5 Å². The highest BCUT2D eigenvalue weighted by Crippen LogP contribution is 2.40. The number of urea groups is 1. The van der Waals surface area contributed by atoms with Crippen molar-refractivity contribution in [2.75, 3.05) is 31.5 Å². The fourth-order valence-electron chi connectivity index (χ4n) is 4.78. The van der Waals surface area contributed by atoms with Gasteiger partial charge >= 0.3 is 12.4 Å². The molecule has 2 aromatic rings. The molecule has 11 heteroatoms. The molecule has 2 heterocycles. The largest absolute Gasteiger partial charge is 0.573 e. The van der Waals surface area contributed by atoms with Crippen LogP contribution in [-0.4, -0.2) is 54.3 Å². The van der Waals surface area contributed by atoms with E-state index in [0.717, 1.165) is 30.7 Å². The van der Waals surface area contributed by atoms with Gasteiger partial charge in [-0.25, -0.2) is 13.6 Å². The Balaban J connectivity index is 1.33. The molecule has 188 valence electrons. The molecule has 35 heavy (non-hydrogen) atoms. The van der Waals surface area contributed by atoms with Crippen molar-refractivity contribution in [1.82, 2.24) is 9.80 Å². The Bertz CT molecular complexity index is 1060. The van der Waals surface area contributed by atoms with E-state index >= 15 is 0 Å². The number of halogens is 5. The second kappa shape index (κ2) is 9.71. The summed E-state index contributed by atoms with van der Waals surface area (Å²) in [5, 5.41) is 2.66. The molecule has 0 aromatic heterocycles. The highest BCUT2D eigenvalue weighted by molar-refractivity contribution is 5.95. The SMILES string of the molecule is O=C(Nc1ccc(OC(F)(F)F)cc1)N1CCC2(CCCN(C(=O)c3c(F)cccc3F)C2)CC1. The lowest BCUT2D eigenvalue weighted by Gasteiger charge is -2.47. The minimum Gasteiger partial charge on any atom is -0.406 e. The number of piperidine rings is 2. The molecule has 0 atom stereocenters. The summed E-state index contributed by atoms with van der Waals surface area (Å²) in [6.07, 6.45) is -2.03. The van der Waals surface area contributed by atoms with Crippen molar-refractivity contribution in [2.24, 2.45) is 5.41 Å². The smallest absolute Gasteiger partial charge is 0.406 e. The van der Waals surface area contributed by atoms with Gasteiger partial charge in [0.1, 0.15) is 22.9 Å². The van der Waals surface area contributed by atoms with E-state index in [-0.39, 0.29) is 17.2 Å². The standard InChI is InChI=1S/C24H24F5N3O3/c25-18-3-1-4-19(26)20(18)21(33)32-12-2-9-23(15-32)10-13-31(14-11-23)22(34)30-16-5-7-17(8-6-16)35-24(27,28)29/h1,3-8H,2,9-15H2,(H,30,34). The number of benzene rings is 2. The first-order valence-corrected chi connectivity index (χ1v) is 11.2. The summed E-state index contributed by atoms with van der Waals surface area (Å²) in [6.45, 7) is 1.59. The molecule has 1 N–H and O–H groups in total. The van der Waals surface area contributed by atoms with E-state index in [2.05, 4.69) is 10.1 Å². The number of amides is 3. The summed E-state index contributed by atoms with van der Waals surface area (Å²) >= 11 is 0. The quantitative estimate of drug-likeness (QED) is 0.577. The lowest BCUT2D eigenvalue weighted by atomic mass is 9.72. The minimum atomic E-state index is -4.79. The van der Waals surface area contributed by atoms with Gasteiger partial charge in [0.15, 0.2) is 0 Å². The number of nitrogens with one attached hydrogen (secondary N) is 1. The van der Waals surface area contributed by atoms with Gasteiger partial charge in [0.2, 0.25) is 0 Å². The first kappa shape index (κ1) is 24.7. The number of alkyl halides is 3. The van der Waals surface area contributed by atoms with Crippen molar-refractivity contribution in [3.05, 3.63) is 59.7 Å². The topological polar surface area (TPSA) is 61.9 Å². The van der Waals surface area contributed by atoms with Crippen molar-refractivity contribution in [3.8, 4) is 5.75 Å². The second-order valence-electron chi connectivity index (χ2n) is 8.92. The Labute approximate surface area is 198 Å². The van der Waals surface area contributed by atoms with Crippen molar-refractivity contribution in [1.29, 1.82) is 0 Å². The monoisotopic (exact) mass is 497 g/mol. The first-order chi connectivity index (χ1) is 16.6. The van der Waals surface area contributed by atoms with E-state index in [0.29, 0.717) is 51.1 Å². The lowest BCUT2D eigenvalue weighted by molar-refractivity contribution is -0.274. The lowest BCUT2D eigenvalue weighted by Crippen LogP contribution is -2.52. The Morgan fingerprint density at radius 2 is 1.51 bits per heavy atom. The fourth-order valence-corrected chi connectivity index (χ4v) is 4.78. The molecular weight excluding hydrogens is 473 g/mol. The second-order valence-corrected chi connectivity index (χ2v) is 8.92. The van der Waals surface area contributed by atoms with Crippen LogP contribution in [0.4, 0.5) is 32.4 Å². The van der Waals surface area contributed by atoms with Gasteiger partial charge in [-0.3, -0.25) is 4.79 Å². The molecule has 2 aromatic carbocycles. The molecule has 0 saturated carbocycles. The van der Waals surface area contributed by atoms with Gasteiger partial charge in [-0.15, -0.1) is 13.2 Å². The number of hydrogen-bond donors (Lipinski definition) is 1. The average Bonchev–Trinajstić information content (AvgIpc) is 2.80. The number of rotatable bonds is 3. The molecular formula is C24H24F5N3O3. The highest BCUT2D eigenvalue weighted by Gasteiger charge is 2.41. The molecule has 4 rings (SSSR count). The zero-order valence-corrected chi connectivity index (χ0v) is 18.7. The number of hydrogen-bond acceptors (Lipinski definition) is 3. The predicted octanol–water partition coefficient (Wildman–Crippen LogP) is 5.41. The Morgan fingerprint density at radius 1 is 0.886 bits per heavy atom. The van der Waals surface area contributed by atoms with Gasteiger partial charge in [-0.05, 0) is 67.5 Å². The van der Waals surface area contributed by atoms with Crippen molar-refractivity contribution < 1.29 is 36.3 Å². The van der Waals surface area contributed by atoms with Gasteiger partial charge in [0.05, 0.1) is 0 Å². The molecule has 0 radical (unpaired) electrons. The zero-order chi connectivity index (χ0) is 25.2. The van der Waals surface area contributed by atoms with E-state index in [1.54, 1.807) is 4.90 Å². The molecule has 6 nitrogen and oxygen atoms in total. The molecule has 0 unspecified atom stereocenters. The highest BCUT2D eigenvalue weighted by atomic mass is 19.4. The molecule has 3 amide bonds. The van der Waals surface area contributed by atoms with Crippen molar-refractivity contribution in [2.45, 2.75) is 32.0 Å². The van der Waals surface area contributed by atoms with Crippen LogP contribution < -0.4 is 10.1 Å².